The number of nitrogens with zero attached hydrogens (tertiary/aromatic N) is 2. The molecule has 114 valence electrons. The number of carbonyl (C=O) groups excluding carboxylic acids is 1. The van der Waals surface area contributed by atoms with Gasteiger partial charge in [0.25, 0.3) is 5.91 Å². The van der Waals surface area contributed by atoms with Crippen molar-refractivity contribution in [3.8, 4) is 0 Å². The van der Waals surface area contributed by atoms with Crippen molar-refractivity contribution in [2.24, 2.45) is 11.3 Å². The maximum Gasteiger partial charge on any atom is 0.309 e. The molecule has 0 radical (unpaired) electrons. The molecular formula is C16H22N2O3. The fourth-order valence-electron chi connectivity index (χ4n) is 2.78. The highest BCUT2D eigenvalue weighted by Crippen LogP contribution is 2.34. The molecule has 0 bridgehead atoms. The number of likely N-dealkylation sites (tertiary alicyclic amines) is 1. The molecule has 0 aliphatic carbocycles. The molecule has 5 nitrogen and oxygen atoms in total. The summed E-state index contributed by atoms with van der Waals surface area (Å²) in [6.07, 6.45) is 3.28. The van der Waals surface area contributed by atoms with E-state index in [9.17, 15) is 14.7 Å². The summed E-state index contributed by atoms with van der Waals surface area (Å²) in [7, 11) is 0. The van der Waals surface area contributed by atoms with Crippen LogP contribution in [0.15, 0.2) is 18.3 Å². The van der Waals surface area contributed by atoms with E-state index >= 15 is 0 Å². The summed E-state index contributed by atoms with van der Waals surface area (Å²) in [6, 6.07) is 3.67. The Morgan fingerprint density at radius 2 is 2.14 bits per heavy atom. The minimum Gasteiger partial charge on any atom is -0.481 e. The monoisotopic (exact) mass is 290 g/mol. The molecule has 0 saturated carbocycles. The van der Waals surface area contributed by atoms with Crippen molar-refractivity contribution in [2.75, 3.05) is 13.1 Å². The zero-order chi connectivity index (χ0) is 15.6. The van der Waals surface area contributed by atoms with E-state index in [-0.39, 0.29) is 11.8 Å². The van der Waals surface area contributed by atoms with Crippen LogP contribution in [0.3, 0.4) is 0 Å². The fraction of sp³-hybridized carbons (Fsp3) is 0.562. The highest BCUT2D eigenvalue weighted by Gasteiger charge is 2.40. The lowest BCUT2D eigenvalue weighted by Crippen LogP contribution is -2.47. The Hall–Kier alpha value is -1.91. The lowest BCUT2D eigenvalue weighted by atomic mass is 9.74. The number of carbonyl (C=O) groups is 2. The molecule has 1 saturated heterocycles. The molecule has 1 unspecified atom stereocenters. The number of amides is 1. The van der Waals surface area contributed by atoms with E-state index in [0.29, 0.717) is 18.8 Å². The van der Waals surface area contributed by atoms with Crippen molar-refractivity contribution in [2.45, 2.75) is 33.6 Å². The van der Waals surface area contributed by atoms with Crippen molar-refractivity contribution in [3.63, 3.8) is 0 Å². The first kappa shape index (κ1) is 15.5. The first-order valence-electron chi connectivity index (χ1n) is 7.28. The lowest BCUT2D eigenvalue weighted by molar-refractivity contribution is -0.151. The number of aliphatic carboxylic acids is 1. The fourth-order valence-corrected chi connectivity index (χ4v) is 2.78. The van der Waals surface area contributed by atoms with Crippen LogP contribution < -0.4 is 0 Å². The van der Waals surface area contributed by atoms with Gasteiger partial charge in [-0.3, -0.25) is 14.6 Å². The Labute approximate surface area is 125 Å². The summed E-state index contributed by atoms with van der Waals surface area (Å²) in [4.78, 5) is 29.9. The summed E-state index contributed by atoms with van der Waals surface area (Å²) in [6.45, 7) is 6.48. The van der Waals surface area contributed by atoms with Crippen LogP contribution in [0.25, 0.3) is 0 Å². The van der Waals surface area contributed by atoms with Crippen LogP contribution in [0.4, 0.5) is 0 Å². The quantitative estimate of drug-likeness (QED) is 0.927. The Bertz CT molecular complexity index is 554. The van der Waals surface area contributed by atoms with Crippen molar-refractivity contribution in [1.29, 1.82) is 0 Å². The second-order valence-corrected chi connectivity index (χ2v) is 6.29. The van der Waals surface area contributed by atoms with Crippen molar-refractivity contribution < 1.29 is 14.7 Å². The topological polar surface area (TPSA) is 70.5 Å². The lowest BCUT2D eigenvalue weighted by Gasteiger charge is -2.39. The predicted molar refractivity (Wildman–Crippen MR) is 79.0 cm³/mol. The molecule has 2 heterocycles. The van der Waals surface area contributed by atoms with Gasteiger partial charge in [0.2, 0.25) is 0 Å². The second kappa shape index (κ2) is 5.84. The van der Waals surface area contributed by atoms with E-state index in [1.807, 2.05) is 13.0 Å². The van der Waals surface area contributed by atoms with Crippen molar-refractivity contribution in [1.82, 2.24) is 9.88 Å². The molecule has 1 fully saturated rings. The smallest absolute Gasteiger partial charge is 0.309 e. The largest absolute Gasteiger partial charge is 0.481 e. The van der Waals surface area contributed by atoms with E-state index in [1.165, 1.54) is 0 Å². The Kier molecular flexibility index (Phi) is 4.30. The molecule has 1 amide bonds. The third-order valence-electron chi connectivity index (χ3n) is 4.49. The molecule has 5 heteroatoms. The van der Waals surface area contributed by atoms with Crippen LogP contribution >= 0.6 is 0 Å². The summed E-state index contributed by atoms with van der Waals surface area (Å²) < 4.78 is 0. The zero-order valence-electron chi connectivity index (χ0n) is 12.8. The summed E-state index contributed by atoms with van der Waals surface area (Å²) >= 11 is 0. The van der Waals surface area contributed by atoms with Gasteiger partial charge in [0, 0.05) is 19.3 Å². The number of hydrogen-bond donors (Lipinski definition) is 1. The molecule has 1 N–H and O–H groups in total. The highest BCUT2D eigenvalue weighted by molar-refractivity contribution is 5.93. The minimum absolute atomic E-state index is 0.0308. The van der Waals surface area contributed by atoms with Crippen LogP contribution in [0.1, 0.15) is 42.7 Å². The number of aromatic nitrogens is 1. The third kappa shape index (κ3) is 3.06. The number of pyridine rings is 1. The minimum atomic E-state index is -0.821. The van der Waals surface area contributed by atoms with Crippen molar-refractivity contribution in [3.05, 3.63) is 29.6 Å². The SMILES string of the molecule is Cc1cccnc1C(=O)N1CCCC(C(C)(C)C(=O)O)C1. The van der Waals surface area contributed by atoms with Gasteiger partial charge in [0.05, 0.1) is 5.41 Å². The van der Waals surface area contributed by atoms with Gasteiger partial charge >= 0.3 is 5.97 Å². The van der Waals surface area contributed by atoms with Gasteiger partial charge in [-0.2, -0.15) is 0 Å². The van der Waals surface area contributed by atoms with Crippen LogP contribution in [0.2, 0.25) is 0 Å². The highest BCUT2D eigenvalue weighted by atomic mass is 16.4. The van der Waals surface area contributed by atoms with Crippen LogP contribution in [-0.4, -0.2) is 40.0 Å². The molecular weight excluding hydrogens is 268 g/mol. The number of carboxylic acid groups (broad SMARTS) is 1. The number of rotatable bonds is 3. The van der Waals surface area contributed by atoms with Crippen LogP contribution in [-0.2, 0) is 4.79 Å². The first-order chi connectivity index (χ1) is 9.84. The molecule has 1 aromatic heterocycles. The number of aryl methyl sites for hydroxylation is 1. The standard InChI is InChI=1S/C16H22N2O3/c1-11-6-4-8-17-13(11)14(19)18-9-5-7-12(10-18)16(2,3)15(20)21/h4,6,8,12H,5,7,9-10H2,1-3H3,(H,20,21). The molecule has 1 aliphatic heterocycles. The van der Waals surface area contributed by atoms with Gasteiger partial charge in [-0.15, -0.1) is 0 Å². The van der Waals surface area contributed by atoms with Crippen molar-refractivity contribution >= 4 is 11.9 Å². The number of carboxylic acids is 1. The zero-order valence-corrected chi connectivity index (χ0v) is 12.8. The molecule has 1 aromatic rings. The van der Waals surface area contributed by atoms with Gasteiger partial charge in [-0.05, 0) is 51.2 Å². The van der Waals surface area contributed by atoms with E-state index in [1.54, 1.807) is 31.0 Å². The van der Waals surface area contributed by atoms with E-state index in [0.717, 1.165) is 18.4 Å². The van der Waals surface area contributed by atoms with E-state index in [2.05, 4.69) is 4.98 Å². The average molecular weight is 290 g/mol. The van der Waals surface area contributed by atoms with Crippen LogP contribution in [0, 0.1) is 18.3 Å². The first-order valence-corrected chi connectivity index (χ1v) is 7.28. The van der Waals surface area contributed by atoms with Gasteiger partial charge in [0.1, 0.15) is 5.69 Å². The van der Waals surface area contributed by atoms with E-state index < -0.39 is 11.4 Å². The Morgan fingerprint density at radius 3 is 2.76 bits per heavy atom. The van der Waals surface area contributed by atoms with Gasteiger partial charge in [-0.1, -0.05) is 6.07 Å². The van der Waals surface area contributed by atoms with Gasteiger partial charge in [-0.25, -0.2) is 0 Å². The van der Waals surface area contributed by atoms with E-state index in [4.69, 9.17) is 0 Å². The summed E-state index contributed by atoms with van der Waals surface area (Å²) in [5, 5.41) is 9.36. The molecule has 21 heavy (non-hydrogen) atoms. The summed E-state index contributed by atoms with van der Waals surface area (Å²) in [5.74, 6) is -0.938. The Balaban J connectivity index is 2.17. The Morgan fingerprint density at radius 1 is 1.43 bits per heavy atom. The number of piperidine rings is 1. The number of hydrogen-bond acceptors (Lipinski definition) is 3. The van der Waals surface area contributed by atoms with Gasteiger partial charge < -0.3 is 10.0 Å². The predicted octanol–water partition coefficient (Wildman–Crippen LogP) is 2.35. The van der Waals surface area contributed by atoms with Gasteiger partial charge in [0.15, 0.2) is 0 Å². The molecule has 0 aromatic carbocycles. The molecule has 1 atom stereocenters. The maximum atomic E-state index is 12.6. The third-order valence-corrected chi connectivity index (χ3v) is 4.49. The summed E-state index contributed by atoms with van der Waals surface area (Å²) in [5.41, 5.74) is 0.492. The molecule has 0 spiro atoms. The average Bonchev–Trinajstić information content (AvgIpc) is 2.47. The normalized spacial score (nSPS) is 19.4. The molecule has 1 aliphatic rings. The second-order valence-electron chi connectivity index (χ2n) is 6.29. The maximum absolute atomic E-state index is 12.6. The molecule has 2 rings (SSSR count). The van der Waals surface area contributed by atoms with Crippen LogP contribution in [0.5, 0.6) is 0 Å².